The van der Waals surface area contributed by atoms with Crippen molar-refractivity contribution in [3.63, 3.8) is 0 Å². The summed E-state index contributed by atoms with van der Waals surface area (Å²) < 4.78 is 40.0. The van der Waals surface area contributed by atoms with Gasteiger partial charge in [0.25, 0.3) is 5.69 Å². The van der Waals surface area contributed by atoms with Crippen LogP contribution >= 0.6 is 11.6 Å². The lowest BCUT2D eigenvalue weighted by Crippen LogP contribution is -2.41. The van der Waals surface area contributed by atoms with Gasteiger partial charge < -0.3 is 5.11 Å². The van der Waals surface area contributed by atoms with E-state index in [9.17, 15) is 27.7 Å². The Hall–Kier alpha value is -1.78. The first-order valence-electron chi connectivity index (χ1n) is 6.34. The fourth-order valence-electron chi connectivity index (χ4n) is 1.79. The molecule has 1 aromatic carbocycles. The molecule has 0 saturated carbocycles. The fraction of sp³-hybridized carbons (Fsp3) is 0.417. The number of nitrogens with zero attached hydrogens (tertiary/aromatic N) is 1. The highest BCUT2D eigenvalue weighted by Gasteiger charge is 2.30. The first kappa shape index (κ1) is 19.3. The van der Waals surface area contributed by atoms with Crippen molar-refractivity contribution in [1.82, 2.24) is 4.72 Å². The third-order valence-electron chi connectivity index (χ3n) is 2.79. The predicted molar refractivity (Wildman–Crippen MR) is 79.3 cm³/mol. The molecular weight excluding hydrogens is 355 g/mol. The maximum Gasteiger partial charge on any atom is 0.321 e. The van der Waals surface area contributed by atoms with E-state index in [2.05, 4.69) is 0 Å². The first-order valence-corrected chi connectivity index (χ1v) is 8.20. The zero-order valence-corrected chi connectivity index (χ0v) is 13.7. The molecule has 1 rings (SSSR count). The lowest BCUT2D eigenvalue weighted by molar-refractivity contribution is -0.384. The molecule has 0 spiro atoms. The Bertz CT molecular complexity index is 737. The number of aliphatic carboxylic acids is 1. The highest BCUT2D eigenvalue weighted by Crippen LogP contribution is 2.29. The number of hydrogen-bond donors (Lipinski definition) is 2. The first-order chi connectivity index (χ1) is 10.5. The van der Waals surface area contributed by atoms with E-state index in [-0.39, 0.29) is 12.3 Å². The van der Waals surface area contributed by atoms with E-state index in [0.29, 0.717) is 12.1 Å². The number of carboxylic acids is 1. The monoisotopic (exact) mass is 368 g/mol. The molecule has 11 heteroatoms. The molecule has 0 heterocycles. The summed E-state index contributed by atoms with van der Waals surface area (Å²) in [5, 5.41) is 19.1. The van der Waals surface area contributed by atoms with Gasteiger partial charge in [0.2, 0.25) is 10.0 Å². The van der Waals surface area contributed by atoms with Crippen LogP contribution < -0.4 is 4.72 Å². The van der Waals surface area contributed by atoms with Gasteiger partial charge in [0.15, 0.2) is 0 Å². The van der Waals surface area contributed by atoms with Crippen molar-refractivity contribution in [2.45, 2.75) is 31.2 Å². The summed E-state index contributed by atoms with van der Waals surface area (Å²) in [5.74, 6) is -2.96. The van der Waals surface area contributed by atoms with Gasteiger partial charge in [0.1, 0.15) is 21.8 Å². The number of rotatable bonds is 7. The smallest absolute Gasteiger partial charge is 0.321 e. The van der Waals surface area contributed by atoms with E-state index in [1.807, 2.05) is 4.72 Å². The second kappa shape index (κ2) is 7.20. The Balaban J connectivity index is 3.25. The van der Waals surface area contributed by atoms with Gasteiger partial charge in [0.05, 0.1) is 11.0 Å². The van der Waals surface area contributed by atoms with Gasteiger partial charge in [-0.05, 0) is 18.4 Å². The molecule has 1 aromatic rings. The summed E-state index contributed by atoms with van der Waals surface area (Å²) >= 11 is 5.57. The van der Waals surface area contributed by atoms with E-state index in [1.165, 1.54) is 0 Å². The molecule has 1 unspecified atom stereocenters. The van der Waals surface area contributed by atoms with Crippen molar-refractivity contribution >= 4 is 33.3 Å². The molecular formula is C12H14ClFN2O6S. The maximum atomic E-state index is 13.9. The van der Waals surface area contributed by atoms with Crippen LogP contribution in [0, 0.1) is 21.8 Å². The minimum Gasteiger partial charge on any atom is -0.480 e. The van der Waals surface area contributed by atoms with Gasteiger partial charge >= 0.3 is 5.97 Å². The van der Waals surface area contributed by atoms with Crippen LogP contribution in [0.4, 0.5) is 10.1 Å². The Morgan fingerprint density at radius 3 is 2.48 bits per heavy atom. The Kier molecular flexibility index (Phi) is 6.03. The van der Waals surface area contributed by atoms with Crippen molar-refractivity contribution in [1.29, 1.82) is 0 Å². The quantitative estimate of drug-likeness (QED) is 0.561. The number of benzene rings is 1. The molecule has 128 valence electrons. The Morgan fingerprint density at radius 1 is 1.48 bits per heavy atom. The molecule has 0 aliphatic carbocycles. The number of carboxylic acid groups (broad SMARTS) is 1. The van der Waals surface area contributed by atoms with Crippen LogP contribution in [0.25, 0.3) is 0 Å². The molecule has 0 saturated heterocycles. The summed E-state index contributed by atoms with van der Waals surface area (Å²) in [7, 11) is -4.56. The topological polar surface area (TPSA) is 127 Å². The lowest BCUT2D eigenvalue weighted by atomic mass is 10.1. The van der Waals surface area contributed by atoms with Crippen LogP contribution in [0.5, 0.6) is 0 Å². The molecule has 0 fully saturated rings. The van der Waals surface area contributed by atoms with Crippen LogP contribution in [0.3, 0.4) is 0 Å². The highest BCUT2D eigenvalue weighted by molar-refractivity contribution is 7.89. The largest absolute Gasteiger partial charge is 0.480 e. The number of hydrogen-bond acceptors (Lipinski definition) is 5. The number of carbonyl (C=O) groups is 1. The van der Waals surface area contributed by atoms with Crippen LogP contribution in [0.15, 0.2) is 17.0 Å². The van der Waals surface area contributed by atoms with E-state index >= 15 is 0 Å². The number of nitro benzene ring substituents is 1. The Labute approximate surface area is 136 Å². The van der Waals surface area contributed by atoms with Crippen LogP contribution in [-0.2, 0) is 14.8 Å². The van der Waals surface area contributed by atoms with Gasteiger partial charge in [0, 0.05) is 0 Å². The third kappa shape index (κ3) is 4.85. The van der Waals surface area contributed by atoms with Gasteiger partial charge in [-0.1, -0.05) is 25.4 Å². The molecule has 0 amide bonds. The van der Waals surface area contributed by atoms with Crippen molar-refractivity contribution in [3.05, 3.63) is 33.1 Å². The summed E-state index contributed by atoms with van der Waals surface area (Å²) in [6.07, 6.45) is -0.0170. The number of nitrogens with one attached hydrogen (secondary N) is 1. The summed E-state index contributed by atoms with van der Waals surface area (Å²) in [6, 6.07) is -0.519. The lowest BCUT2D eigenvalue weighted by Gasteiger charge is -2.17. The van der Waals surface area contributed by atoms with Crippen LogP contribution in [0.2, 0.25) is 5.02 Å². The predicted octanol–water partition coefficient (Wildman–Crippen LogP) is 2.16. The Morgan fingerprint density at radius 2 is 2.04 bits per heavy atom. The molecule has 1 atom stereocenters. The molecule has 8 nitrogen and oxygen atoms in total. The van der Waals surface area contributed by atoms with E-state index in [1.54, 1.807) is 13.8 Å². The fourth-order valence-corrected chi connectivity index (χ4v) is 3.37. The summed E-state index contributed by atoms with van der Waals surface area (Å²) in [5.41, 5.74) is -0.792. The van der Waals surface area contributed by atoms with Gasteiger partial charge in [-0.3, -0.25) is 14.9 Å². The van der Waals surface area contributed by atoms with Crippen molar-refractivity contribution in [2.24, 2.45) is 5.92 Å². The standard InChI is InChI=1S/C12H14ClFN2O6S/c1-6(2)3-9(12(17)18)15-23(21,22)11-4-7(13)10(16(19)20)5-8(11)14/h4-6,9,15H,3H2,1-2H3,(H,17,18). The van der Waals surface area contributed by atoms with Crippen LogP contribution in [-0.4, -0.2) is 30.5 Å². The zero-order valence-electron chi connectivity index (χ0n) is 12.1. The molecule has 0 radical (unpaired) electrons. The minimum atomic E-state index is -4.56. The normalized spacial score (nSPS) is 13.1. The number of halogens is 2. The highest BCUT2D eigenvalue weighted by atomic mass is 35.5. The molecule has 0 aromatic heterocycles. The summed E-state index contributed by atoms with van der Waals surface area (Å²) in [6.45, 7) is 3.38. The SMILES string of the molecule is CC(C)CC(NS(=O)(=O)c1cc(Cl)c([N+](=O)[O-])cc1F)C(=O)O. The average Bonchev–Trinajstić information content (AvgIpc) is 2.38. The van der Waals surface area contributed by atoms with E-state index in [4.69, 9.17) is 16.7 Å². The third-order valence-corrected chi connectivity index (χ3v) is 4.58. The molecule has 0 aliphatic heterocycles. The second-order valence-electron chi connectivity index (χ2n) is 5.13. The van der Waals surface area contributed by atoms with E-state index < -0.39 is 48.4 Å². The number of sulfonamides is 1. The molecule has 23 heavy (non-hydrogen) atoms. The van der Waals surface area contributed by atoms with Crippen molar-refractivity contribution < 1.29 is 27.6 Å². The number of nitro groups is 1. The van der Waals surface area contributed by atoms with Gasteiger partial charge in [-0.2, -0.15) is 4.72 Å². The minimum absolute atomic E-state index is 0.0170. The average molecular weight is 369 g/mol. The van der Waals surface area contributed by atoms with Gasteiger partial charge in [-0.15, -0.1) is 0 Å². The zero-order chi connectivity index (χ0) is 17.9. The molecule has 0 aliphatic rings. The van der Waals surface area contributed by atoms with E-state index in [0.717, 1.165) is 0 Å². The van der Waals surface area contributed by atoms with Gasteiger partial charge in [-0.25, -0.2) is 12.8 Å². The van der Waals surface area contributed by atoms with Crippen LogP contribution in [0.1, 0.15) is 20.3 Å². The molecule has 0 bridgehead atoms. The summed E-state index contributed by atoms with van der Waals surface area (Å²) in [4.78, 5) is 19.8. The van der Waals surface area contributed by atoms with Crippen molar-refractivity contribution in [2.75, 3.05) is 0 Å². The second-order valence-corrected chi connectivity index (χ2v) is 7.22. The molecule has 2 N–H and O–H groups in total. The maximum absolute atomic E-state index is 13.9. The van der Waals surface area contributed by atoms with Crippen molar-refractivity contribution in [3.8, 4) is 0 Å².